The van der Waals surface area contributed by atoms with Crippen molar-refractivity contribution in [3.8, 4) is 0 Å². The zero-order chi connectivity index (χ0) is 31.8. The molecular weight excluding hydrogens is 660 g/mol. The van der Waals surface area contributed by atoms with Gasteiger partial charge in [-0.15, -0.1) is 0 Å². The predicted molar refractivity (Wildman–Crippen MR) is 179 cm³/mol. The van der Waals surface area contributed by atoms with Crippen LogP contribution in [0.1, 0.15) is 55.7 Å². The van der Waals surface area contributed by atoms with E-state index in [9.17, 15) is 4.79 Å². The number of nitrogens with zero attached hydrogens (tertiary/aromatic N) is 3. The molecule has 2 aromatic heterocycles. The molecule has 2 atom stereocenters. The SMILES string of the molecule is CC1CN(c2c(CO[Si](c3ccccc3)(c3ccccc3)C(C)(C)C)nc(C(=O)c3sc(Cl)nc3Cl)c(F)c2Cl)CC(C)O1. The Morgan fingerprint density at radius 3 is 2.02 bits per heavy atom. The van der Waals surface area contributed by atoms with Gasteiger partial charge < -0.3 is 14.1 Å². The van der Waals surface area contributed by atoms with Gasteiger partial charge in [-0.1, -0.05) is 128 Å². The Morgan fingerprint density at radius 2 is 1.55 bits per heavy atom. The van der Waals surface area contributed by atoms with E-state index in [2.05, 4.69) is 55.0 Å². The summed E-state index contributed by atoms with van der Waals surface area (Å²) in [6.45, 7) is 11.3. The van der Waals surface area contributed by atoms with Crippen LogP contribution in [0, 0.1) is 5.82 Å². The first-order valence-corrected chi connectivity index (χ1v) is 18.1. The van der Waals surface area contributed by atoms with Gasteiger partial charge in [0.15, 0.2) is 15.4 Å². The van der Waals surface area contributed by atoms with E-state index in [0.717, 1.165) is 21.7 Å². The second-order valence-electron chi connectivity index (χ2n) is 11.9. The van der Waals surface area contributed by atoms with Crippen molar-refractivity contribution in [1.82, 2.24) is 9.97 Å². The summed E-state index contributed by atoms with van der Waals surface area (Å²) in [5, 5.41) is 1.49. The van der Waals surface area contributed by atoms with Gasteiger partial charge in [0, 0.05) is 13.1 Å². The molecule has 44 heavy (non-hydrogen) atoms. The normalized spacial score (nSPS) is 17.6. The number of thiazole rings is 1. The fraction of sp³-hybridized carbons (Fsp3) is 0.344. The number of halogens is 4. The summed E-state index contributed by atoms with van der Waals surface area (Å²) in [5.74, 6) is -1.69. The molecule has 232 valence electrons. The molecule has 12 heteroatoms. The summed E-state index contributed by atoms with van der Waals surface area (Å²) in [7, 11) is -3.03. The molecule has 0 saturated carbocycles. The number of hydrogen-bond acceptors (Lipinski definition) is 7. The van der Waals surface area contributed by atoms with Crippen LogP contribution in [-0.4, -0.2) is 49.4 Å². The minimum atomic E-state index is -3.03. The number of ether oxygens (including phenoxy) is 1. The van der Waals surface area contributed by atoms with Crippen molar-refractivity contribution in [3.63, 3.8) is 0 Å². The lowest BCUT2D eigenvalue weighted by molar-refractivity contribution is -0.00535. The summed E-state index contributed by atoms with van der Waals surface area (Å²) in [5.41, 5.74) is 0.270. The molecule has 0 spiro atoms. The Bertz CT molecular complexity index is 1600. The number of pyridine rings is 1. The molecule has 1 fully saturated rings. The largest absolute Gasteiger partial charge is 0.401 e. The first-order valence-electron chi connectivity index (χ1n) is 14.2. The molecule has 2 unspecified atom stereocenters. The molecule has 0 bridgehead atoms. The number of ketones is 1. The summed E-state index contributed by atoms with van der Waals surface area (Å²) >= 11 is 19.9. The molecule has 6 nitrogen and oxygen atoms in total. The highest BCUT2D eigenvalue weighted by atomic mass is 35.5. The maximum absolute atomic E-state index is 16.1. The van der Waals surface area contributed by atoms with Crippen molar-refractivity contribution in [2.45, 2.75) is 58.5 Å². The monoisotopic (exact) mass is 691 g/mol. The number of aromatic nitrogens is 2. The zero-order valence-electron chi connectivity index (χ0n) is 25.0. The van der Waals surface area contributed by atoms with Crippen LogP contribution in [-0.2, 0) is 15.8 Å². The molecule has 1 saturated heterocycles. The fourth-order valence-electron chi connectivity index (χ4n) is 5.97. The maximum Gasteiger partial charge on any atom is 0.261 e. The Balaban J connectivity index is 1.69. The van der Waals surface area contributed by atoms with Gasteiger partial charge in [-0.3, -0.25) is 4.79 Å². The van der Waals surface area contributed by atoms with Gasteiger partial charge in [0.2, 0.25) is 5.78 Å². The summed E-state index contributed by atoms with van der Waals surface area (Å²) in [6.07, 6.45) is -0.273. The van der Waals surface area contributed by atoms with E-state index >= 15 is 4.39 Å². The third kappa shape index (κ3) is 6.33. The van der Waals surface area contributed by atoms with E-state index in [1.165, 1.54) is 0 Å². The first-order chi connectivity index (χ1) is 20.8. The quantitative estimate of drug-likeness (QED) is 0.140. The van der Waals surface area contributed by atoms with Crippen LogP contribution in [0.15, 0.2) is 60.7 Å². The molecule has 0 amide bonds. The Morgan fingerprint density at radius 1 is 1.00 bits per heavy atom. The number of anilines is 1. The van der Waals surface area contributed by atoms with Gasteiger partial charge >= 0.3 is 0 Å². The van der Waals surface area contributed by atoms with Crippen LogP contribution in [0.5, 0.6) is 0 Å². The minimum Gasteiger partial charge on any atom is -0.401 e. The lowest BCUT2D eigenvalue weighted by Crippen LogP contribution is -2.66. The van der Waals surface area contributed by atoms with Gasteiger partial charge in [-0.25, -0.2) is 14.4 Å². The van der Waals surface area contributed by atoms with E-state index in [4.69, 9.17) is 44.0 Å². The smallest absolute Gasteiger partial charge is 0.261 e. The van der Waals surface area contributed by atoms with Crippen molar-refractivity contribution in [3.05, 3.63) is 97.4 Å². The topological polar surface area (TPSA) is 64.5 Å². The molecular formula is C32H33Cl3FN3O3SSi. The van der Waals surface area contributed by atoms with Crippen molar-refractivity contribution >= 4 is 76.3 Å². The minimum absolute atomic E-state index is 0.0145. The highest BCUT2D eigenvalue weighted by Gasteiger charge is 2.50. The van der Waals surface area contributed by atoms with Crippen molar-refractivity contribution < 1.29 is 18.3 Å². The maximum atomic E-state index is 16.1. The predicted octanol–water partition coefficient (Wildman–Crippen LogP) is 7.56. The number of morpholine rings is 1. The number of benzene rings is 2. The third-order valence-electron chi connectivity index (χ3n) is 7.69. The van der Waals surface area contributed by atoms with Gasteiger partial charge in [-0.2, -0.15) is 0 Å². The highest BCUT2D eigenvalue weighted by molar-refractivity contribution is 7.18. The summed E-state index contributed by atoms with van der Waals surface area (Å²) in [4.78, 5) is 24.1. The molecule has 0 N–H and O–H groups in total. The van der Waals surface area contributed by atoms with E-state index in [-0.39, 0.29) is 43.4 Å². The molecule has 3 heterocycles. The number of rotatable bonds is 8. The van der Waals surface area contributed by atoms with Gasteiger partial charge in [0.1, 0.15) is 15.6 Å². The fourth-order valence-corrected chi connectivity index (χ4v) is 12.1. The lowest BCUT2D eigenvalue weighted by Gasteiger charge is -2.43. The van der Waals surface area contributed by atoms with Crippen molar-refractivity contribution in [2.75, 3.05) is 18.0 Å². The molecule has 1 aliphatic rings. The second kappa shape index (κ2) is 13.2. The molecule has 2 aromatic carbocycles. The summed E-state index contributed by atoms with van der Waals surface area (Å²) in [6, 6.07) is 20.3. The molecule has 4 aromatic rings. The lowest BCUT2D eigenvalue weighted by atomic mass is 10.1. The Kier molecular flexibility index (Phi) is 9.87. The number of hydrogen-bond donors (Lipinski definition) is 0. The van der Waals surface area contributed by atoms with E-state index in [0.29, 0.717) is 24.5 Å². The van der Waals surface area contributed by atoms with E-state index in [1.807, 2.05) is 55.1 Å². The Hall–Kier alpha value is -2.37. The first kappa shape index (κ1) is 33.0. The van der Waals surface area contributed by atoms with Crippen molar-refractivity contribution in [2.24, 2.45) is 0 Å². The standard InChI is InChI=1S/C32H33Cl3FN3O3SSi/c1-19-16-39(17-20(2)42-19)27-23(37-26(25(36)24(27)33)28(40)29-30(34)38-31(35)43-29)18-41-44(32(3,4)5,21-12-8-6-9-13-21)22-14-10-7-11-15-22/h6-15,19-20H,16-18H2,1-5H3. The molecule has 1 aliphatic heterocycles. The average molecular weight is 693 g/mol. The number of carbonyl (C=O) groups excluding carboxylic acids is 1. The molecule has 0 aliphatic carbocycles. The number of carbonyl (C=O) groups is 1. The van der Waals surface area contributed by atoms with Crippen LogP contribution < -0.4 is 15.3 Å². The average Bonchev–Trinajstić information content (AvgIpc) is 3.32. The van der Waals surface area contributed by atoms with E-state index < -0.39 is 25.6 Å². The second-order valence-corrected chi connectivity index (χ2v) is 18.5. The van der Waals surface area contributed by atoms with E-state index in [1.54, 1.807) is 0 Å². The van der Waals surface area contributed by atoms with Crippen LogP contribution in [0.4, 0.5) is 10.1 Å². The third-order valence-corrected chi connectivity index (χ3v) is 14.6. The van der Waals surface area contributed by atoms with Crippen LogP contribution in [0.2, 0.25) is 19.7 Å². The van der Waals surface area contributed by atoms with Gasteiger partial charge in [0.05, 0.1) is 30.2 Å². The summed E-state index contributed by atoms with van der Waals surface area (Å²) < 4.78 is 29.2. The van der Waals surface area contributed by atoms with Gasteiger partial charge in [-0.05, 0) is 29.3 Å². The van der Waals surface area contributed by atoms with Gasteiger partial charge in [0.25, 0.3) is 8.32 Å². The van der Waals surface area contributed by atoms with Crippen LogP contribution >= 0.6 is 46.1 Å². The Labute approximate surface area is 277 Å². The van der Waals surface area contributed by atoms with Crippen molar-refractivity contribution in [1.29, 1.82) is 0 Å². The highest BCUT2D eigenvalue weighted by Crippen LogP contribution is 2.40. The molecule has 0 radical (unpaired) electrons. The van der Waals surface area contributed by atoms with Crippen LogP contribution in [0.3, 0.4) is 0 Å². The van der Waals surface area contributed by atoms with Crippen LogP contribution in [0.25, 0.3) is 0 Å². The zero-order valence-corrected chi connectivity index (χ0v) is 29.1. The molecule has 5 rings (SSSR count).